The second kappa shape index (κ2) is 9.06. The molecule has 0 atom stereocenters. The number of hydrogen-bond acceptors (Lipinski definition) is 4. The molecule has 0 unspecified atom stereocenters. The average Bonchev–Trinajstić information content (AvgIpc) is 2.47. The van der Waals surface area contributed by atoms with Crippen LogP contribution < -0.4 is 4.74 Å². The van der Waals surface area contributed by atoms with Gasteiger partial charge in [0.05, 0.1) is 11.8 Å². The molecule has 0 saturated heterocycles. The third kappa shape index (κ3) is 6.31. The number of hydrogen-bond donors (Lipinski definition) is 1. The van der Waals surface area contributed by atoms with E-state index in [0.717, 1.165) is 4.47 Å². The van der Waals surface area contributed by atoms with Gasteiger partial charge in [0.15, 0.2) is 6.79 Å². The molecule has 2 aromatic rings. The molecule has 0 aliphatic heterocycles. The van der Waals surface area contributed by atoms with Gasteiger partial charge < -0.3 is 14.6 Å². The summed E-state index contributed by atoms with van der Waals surface area (Å²) in [6.07, 6.45) is 3.32. The molecule has 1 N–H and O–H groups in total. The van der Waals surface area contributed by atoms with Crippen LogP contribution in [0.2, 0.25) is 0 Å². The Morgan fingerprint density at radius 1 is 1.30 bits per heavy atom. The van der Waals surface area contributed by atoms with Crippen LogP contribution in [0.25, 0.3) is 0 Å². The van der Waals surface area contributed by atoms with Crippen LogP contribution >= 0.6 is 15.9 Å². The number of aromatic carboxylic acids is 1. The first kappa shape index (κ1) is 16.1. The maximum absolute atomic E-state index is 10.2. The molecule has 0 aliphatic carbocycles. The van der Waals surface area contributed by atoms with Crippen LogP contribution in [0.5, 0.6) is 5.75 Å². The minimum Gasteiger partial charge on any atom is -0.478 e. The lowest BCUT2D eigenvalue weighted by atomic mass is 10.2. The Bertz CT molecular complexity index is 534. The van der Waals surface area contributed by atoms with Gasteiger partial charge in [-0.05, 0) is 34.1 Å². The topological polar surface area (TPSA) is 68.7 Å². The molecule has 0 saturated carbocycles. The number of carboxylic acid groups (broad SMARTS) is 1. The molecule has 0 amide bonds. The number of nitrogens with zero attached hydrogens (tertiary/aromatic N) is 1. The zero-order valence-electron chi connectivity index (χ0n) is 10.8. The zero-order chi connectivity index (χ0) is 14.8. The molecule has 0 spiro atoms. The lowest BCUT2D eigenvalue weighted by molar-refractivity contribution is 0.0508. The Kier molecular flexibility index (Phi) is 7.31. The van der Waals surface area contributed by atoms with E-state index in [4.69, 9.17) is 14.6 Å². The molecule has 2 rings (SSSR count). The number of carbonyl (C=O) groups is 1. The molecular weight excluding hydrogens is 326 g/mol. The van der Waals surface area contributed by atoms with E-state index in [1.54, 1.807) is 49.8 Å². The summed E-state index contributed by atoms with van der Waals surface area (Å²) >= 11 is 3.27. The number of pyridine rings is 1. The van der Waals surface area contributed by atoms with Crippen LogP contribution in [0.15, 0.2) is 53.3 Å². The van der Waals surface area contributed by atoms with Crippen molar-refractivity contribution < 1.29 is 19.4 Å². The molecule has 106 valence electrons. The fraction of sp³-hybridized carbons (Fsp3) is 0.143. The van der Waals surface area contributed by atoms with Crippen LogP contribution in [0.4, 0.5) is 0 Å². The first-order valence-electron chi connectivity index (χ1n) is 5.64. The third-order valence-corrected chi connectivity index (χ3v) is 2.48. The van der Waals surface area contributed by atoms with Gasteiger partial charge in [-0.15, -0.1) is 0 Å². The van der Waals surface area contributed by atoms with E-state index in [9.17, 15) is 4.79 Å². The summed E-state index contributed by atoms with van der Waals surface area (Å²) in [5.41, 5.74) is 0.331. The number of benzene rings is 1. The van der Waals surface area contributed by atoms with Gasteiger partial charge in [0, 0.05) is 17.8 Å². The summed E-state index contributed by atoms with van der Waals surface area (Å²) in [7, 11) is 1.57. The maximum atomic E-state index is 10.2. The van der Waals surface area contributed by atoms with Crippen LogP contribution in [-0.4, -0.2) is 30.0 Å². The smallest absolute Gasteiger partial charge is 0.335 e. The molecule has 0 aliphatic rings. The van der Waals surface area contributed by atoms with Crippen molar-refractivity contribution in [2.45, 2.75) is 0 Å². The van der Waals surface area contributed by atoms with E-state index in [1.165, 1.54) is 0 Å². The summed E-state index contributed by atoms with van der Waals surface area (Å²) in [4.78, 5) is 14.1. The predicted molar refractivity (Wildman–Crippen MR) is 77.8 cm³/mol. The molecule has 0 fully saturated rings. The molecule has 20 heavy (non-hydrogen) atoms. The van der Waals surface area contributed by atoms with Crippen molar-refractivity contribution >= 4 is 21.9 Å². The standard InChI is InChI=1S/C7H8BrNO2.C7H6O2/c1-10-5-11-7-2-6(8)3-9-4-7;8-7(9)6-4-2-1-3-5-6/h2-4H,5H2,1H3;1-5H,(H,8,9). The Labute approximate surface area is 125 Å². The van der Waals surface area contributed by atoms with Crippen molar-refractivity contribution in [3.05, 3.63) is 58.8 Å². The summed E-state index contributed by atoms with van der Waals surface area (Å²) in [5.74, 6) is -0.183. The molecule has 0 radical (unpaired) electrons. The molecule has 1 aromatic heterocycles. The summed E-state index contributed by atoms with van der Waals surface area (Å²) in [6, 6.07) is 10.1. The van der Waals surface area contributed by atoms with Gasteiger partial charge in [0.2, 0.25) is 0 Å². The number of ether oxygens (including phenoxy) is 2. The Morgan fingerprint density at radius 2 is 2.00 bits per heavy atom. The first-order chi connectivity index (χ1) is 9.63. The lowest BCUT2D eigenvalue weighted by Crippen LogP contribution is -1.98. The highest BCUT2D eigenvalue weighted by Gasteiger charge is 1.96. The highest BCUT2D eigenvalue weighted by molar-refractivity contribution is 9.10. The first-order valence-corrected chi connectivity index (χ1v) is 6.43. The summed E-state index contributed by atoms with van der Waals surface area (Å²) in [5, 5.41) is 8.38. The van der Waals surface area contributed by atoms with Gasteiger partial charge >= 0.3 is 5.97 Å². The number of methoxy groups -OCH3 is 1. The van der Waals surface area contributed by atoms with Gasteiger partial charge in [-0.1, -0.05) is 18.2 Å². The van der Waals surface area contributed by atoms with Crippen molar-refractivity contribution in [2.75, 3.05) is 13.9 Å². The third-order valence-electron chi connectivity index (χ3n) is 2.04. The van der Waals surface area contributed by atoms with Crippen molar-refractivity contribution in [1.82, 2.24) is 4.98 Å². The fourth-order valence-corrected chi connectivity index (χ4v) is 1.52. The Morgan fingerprint density at radius 3 is 2.50 bits per heavy atom. The minimum atomic E-state index is -0.879. The summed E-state index contributed by atoms with van der Waals surface area (Å²) in [6.45, 7) is 0.248. The van der Waals surface area contributed by atoms with Crippen molar-refractivity contribution in [3.63, 3.8) is 0 Å². The van der Waals surface area contributed by atoms with Crippen LogP contribution in [0, 0.1) is 0 Å². The monoisotopic (exact) mass is 339 g/mol. The maximum Gasteiger partial charge on any atom is 0.335 e. The second-order valence-electron chi connectivity index (χ2n) is 3.56. The van der Waals surface area contributed by atoms with Crippen molar-refractivity contribution in [1.29, 1.82) is 0 Å². The highest BCUT2D eigenvalue weighted by Crippen LogP contribution is 2.15. The van der Waals surface area contributed by atoms with Crippen LogP contribution in [0.1, 0.15) is 10.4 Å². The quantitative estimate of drug-likeness (QED) is 0.866. The van der Waals surface area contributed by atoms with Crippen molar-refractivity contribution in [2.24, 2.45) is 0 Å². The Hall–Kier alpha value is -1.92. The fourth-order valence-electron chi connectivity index (χ4n) is 1.18. The SMILES string of the molecule is COCOc1cncc(Br)c1.O=C(O)c1ccccc1. The lowest BCUT2D eigenvalue weighted by Gasteiger charge is -2.02. The largest absolute Gasteiger partial charge is 0.478 e. The van der Waals surface area contributed by atoms with Gasteiger partial charge in [-0.3, -0.25) is 4.98 Å². The number of aromatic nitrogens is 1. The molecule has 1 heterocycles. The van der Waals surface area contributed by atoms with Gasteiger partial charge in [-0.2, -0.15) is 0 Å². The second-order valence-corrected chi connectivity index (χ2v) is 4.48. The molecule has 0 bridgehead atoms. The average molecular weight is 340 g/mol. The van der Waals surface area contributed by atoms with E-state index < -0.39 is 5.97 Å². The molecule has 5 nitrogen and oxygen atoms in total. The minimum absolute atomic E-state index is 0.248. The molecule has 1 aromatic carbocycles. The zero-order valence-corrected chi connectivity index (χ0v) is 12.4. The Balaban J connectivity index is 0.000000204. The van der Waals surface area contributed by atoms with E-state index in [0.29, 0.717) is 11.3 Å². The predicted octanol–water partition coefficient (Wildman–Crippen LogP) is 3.21. The van der Waals surface area contributed by atoms with Crippen LogP contribution in [0.3, 0.4) is 0 Å². The van der Waals surface area contributed by atoms with Crippen LogP contribution in [-0.2, 0) is 4.74 Å². The number of halogens is 1. The van der Waals surface area contributed by atoms with Crippen molar-refractivity contribution in [3.8, 4) is 5.75 Å². The normalized spacial score (nSPS) is 9.30. The van der Waals surface area contributed by atoms with Gasteiger partial charge in [0.25, 0.3) is 0 Å². The van der Waals surface area contributed by atoms with Gasteiger partial charge in [-0.25, -0.2) is 4.79 Å². The molecular formula is C14H14BrNO4. The molecule has 6 heteroatoms. The number of carboxylic acids is 1. The highest BCUT2D eigenvalue weighted by atomic mass is 79.9. The van der Waals surface area contributed by atoms with E-state index in [-0.39, 0.29) is 6.79 Å². The van der Waals surface area contributed by atoms with Gasteiger partial charge in [0.1, 0.15) is 5.75 Å². The summed E-state index contributed by atoms with van der Waals surface area (Å²) < 4.78 is 10.7. The van der Waals surface area contributed by atoms with E-state index >= 15 is 0 Å². The van der Waals surface area contributed by atoms with E-state index in [2.05, 4.69) is 20.9 Å². The number of rotatable bonds is 4. The van der Waals surface area contributed by atoms with E-state index in [1.807, 2.05) is 6.07 Å².